The lowest BCUT2D eigenvalue weighted by molar-refractivity contribution is 0.872. The van der Waals surface area contributed by atoms with Gasteiger partial charge in [0.1, 0.15) is 5.02 Å². The monoisotopic (exact) mass is 310 g/mol. The molecule has 4 nitrogen and oxygen atoms in total. The van der Waals surface area contributed by atoms with Crippen LogP contribution in [-0.4, -0.2) is 16.5 Å². The van der Waals surface area contributed by atoms with Gasteiger partial charge in [-0.1, -0.05) is 35.3 Å². The Morgan fingerprint density at radius 1 is 1.20 bits per heavy atom. The lowest BCUT2D eigenvalue weighted by atomic mass is 10.1. The van der Waals surface area contributed by atoms with Crippen LogP contribution in [0, 0.1) is 0 Å². The Hall–Kier alpha value is -1.52. The Kier molecular flexibility index (Phi) is 5.04. The largest absolute Gasteiger partial charge is 0.362 e. The molecule has 0 amide bonds. The fraction of sp³-hybridized carbons (Fsp3) is 0.286. The second-order valence-corrected chi connectivity index (χ2v) is 5.18. The summed E-state index contributed by atoms with van der Waals surface area (Å²) in [6, 6.07) is 7.73. The van der Waals surface area contributed by atoms with E-state index in [0.29, 0.717) is 16.8 Å². The Morgan fingerprint density at radius 3 is 2.55 bits per heavy atom. The van der Waals surface area contributed by atoms with Crippen molar-refractivity contribution in [3.8, 4) is 0 Å². The van der Waals surface area contributed by atoms with Gasteiger partial charge < -0.3 is 10.6 Å². The van der Waals surface area contributed by atoms with Crippen LogP contribution in [0.2, 0.25) is 10.0 Å². The summed E-state index contributed by atoms with van der Waals surface area (Å²) in [6.45, 7) is 4.78. The lowest BCUT2D eigenvalue weighted by Crippen LogP contribution is -2.10. The number of benzene rings is 1. The number of anilines is 2. The second-order valence-electron chi connectivity index (χ2n) is 4.34. The molecule has 2 rings (SSSR count). The molecule has 0 aliphatic carbocycles. The maximum absolute atomic E-state index is 6.12. The molecule has 106 valence electrons. The van der Waals surface area contributed by atoms with Gasteiger partial charge in [0, 0.05) is 17.6 Å². The van der Waals surface area contributed by atoms with Crippen LogP contribution in [0.15, 0.2) is 30.5 Å². The molecule has 0 bridgehead atoms. The molecule has 1 heterocycles. The number of halogens is 2. The predicted octanol–water partition coefficient (Wildman–Crippen LogP) is 4.39. The molecule has 0 fully saturated rings. The molecule has 1 aromatic heterocycles. The zero-order valence-corrected chi connectivity index (χ0v) is 12.8. The van der Waals surface area contributed by atoms with Crippen LogP contribution in [0.1, 0.15) is 25.5 Å². The Labute approximate surface area is 128 Å². The molecule has 0 saturated carbocycles. The third-order valence-corrected chi connectivity index (χ3v) is 3.33. The van der Waals surface area contributed by atoms with Crippen LogP contribution in [0.4, 0.5) is 11.8 Å². The van der Waals surface area contributed by atoms with Gasteiger partial charge in [-0.05, 0) is 31.5 Å². The van der Waals surface area contributed by atoms with E-state index in [9.17, 15) is 0 Å². The zero-order chi connectivity index (χ0) is 14.5. The number of rotatable bonds is 5. The first kappa shape index (κ1) is 14.9. The van der Waals surface area contributed by atoms with Crippen molar-refractivity contribution in [1.82, 2.24) is 9.97 Å². The number of hydrogen-bond acceptors (Lipinski definition) is 4. The Bertz CT molecular complexity index is 572. The average Bonchev–Trinajstić information content (AvgIpc) is 2.43. The highest BCUT2D eigenvalue weighted by Gasteiger charge is 2.10. The summed E-state index contributed by atoms with van der Waals surface area (Å²) < 4.78 is 0. The first-order chi connectivity index (χ1) is 9.60. The van der Waals surface area contributed by atoms with Gasteiger partial charge in [-0.25, -0.2) is 4.98 Å². The van der Waals surface area contributed by atoms with E-state index in [1.807, 2.05) is 38.1 Å². The van der Waals surface area contributed by atoms with E-state index < -0.39 is 0 Å². The number of nitrogens with zero attached hydrogens (tertiary/aromatic N) is 2. The van der Waals surface area contributed by atoms with Gasteiger partial charge in [-0.3, -0.25) is 0 Å². The third-order valence-electron chi connectivity index (χ3n) is 2.80. The normalized spacial score (nSPS) is 12.0. The van der Waals surface area contributed by atoms with Crippen molar-refractivity contribution < 1.29 is 0 Å². The summed E-state index contributed by atoms with van der Waals surface area (Å²) in [7, 11) is 0. The van der Waals surface area contributed by atoms with Crippen LogP contribution in [-0.2, 0) is 0 Å². The van der Waals surface area contributed by atoms with Crippen molar-refractivity contribution in [2.75, 3.05) is 17.2 Å². The maximum atomic E-state index is 6.12. The third kappa shape index (κ3) is 3.74. The summed E-state index contributed by atoms with van der Waals surface area (Å²) in [6.07, 6.45) is 1.59. The van der Waals surface area contributed by atoms with Gasteiger partial charge in [0.2, 0.25) is 5.95 Å². The average molecular weight is 311 g/mol. The minimum Gasteiger partial charge on any atom is -0.362 e. The van der Waals surface area contributed by atoms with E-state index in [4.69, 9.17) is 23.2 Å². The molecule has 0 aliphatic rings. The Morgan fingerprint density at radius 2 is 1.90 bits per heavy atom. The van der Waals surface area contributed by atoms with Crippen LogP contribution in [0.5, 0.6) is 0 Å². The number of hydrogen-bond donors (Lipinski definition) is 2. The van der Waals surface area contributed by atoms with E-state index in [1.165, 1.54) is 0 Å². The molecule has 20 heavy (non-hydrogen) atoms. The SMILES string of the molecule is CCNc1ncc(Cl)c(NC(C)c2ccc(Cl)cc2)n1. The van der Waals surface area contributed by atoms with Gasteiger partial charge in [0.05, 0.1) is 6.20 Å². The highest BCUT2D eigenvalue weighted by molar-refractivity contribution is 6.32. The van der Waals surface area contributed by atoms with Gasteiger partial charge in [0.15, 0.2) is 5.82 Å². The summed E-state index contributed by atoms with van der Waals surface area (Å²) in [5.74, 6) is 1.17. The fourth-order valence-corrected chi connectivity index (χ4v) is 2.02. The van der Waals surface area contributed by atoms with E-state index >= 15 is 0 Å². The highest BCUT2D eigenvalue weighted by atomic mass is 35.5. The van der Waals surface area contributed by atoms with Crippen molar-refractivity contribution in [2.45, 2.75) is 19.9 Å². The first-order valence-electron chi connectivity index (χ1n) is 6.38. The summed E-state index contributed by atoms with van der Waals surface area (Å²) >= 11 is 12.0. The molecule has 1 atom stereocenters. The van der Waals surface area contributed by atoms with Crippen molar-refractivity contribution in [3.05, 3.63) is 46.1 Å². The molecule has 0 saturated heterocycles. The highest BCUT2D eigenvalue weighted by Crippen LogP contribution is 2.25. The quantitative estimate of drug-likeness (QED) is 0.860. The molecule has 6 heteroatoms. The zero-order valence-electron chi connectivity index (χ0n) is 11.3. The van der Waals surface area contributed by atoms with Gasteiger partial charge in [-0.15, -0.1) is 0 Å². The second kappa shape index (κ2) is 6.77. The van der Waals surface area contributed by atoms with Crippen molar-refractivity contribution in [1.29, 1.82) is 0 Å². The topological polar surface area (TPSA) is 49.8 Å². The van der Waals surface area contributed by atoms with E-state index in [1.54, 1.807) is 6.20 Å². The molecule has 0 spiro atoms. The first-order valence-corrected chi connectivity index (χ1v) is 7.14. The molecule has 1 aromatic carbocycles. The molecule has 0 aliphatic heterocycles. The molecule has 2 aromatic rings. The molecule has 0 radical (unpaired) electrons. The number of aromatic nitrogens is 2. The van der Waals surface area contributed by atoms with E-state index in [0.717, 1.165) is 17.1 Å². The van der Waals surface area contributed by atoms with Crippen LogP contribution < -0.4 is 10.6 Å². The van der Waals surface area contributed by atoms with Crippen LogP contribution >= 0.6 is 23.2 Å². The van der Waals surface area contributed by atoms with Crippen LogP contribution in [0.25, 0.3) is 0 Å². The lowest BCUT2D eigenvalue weighted by Gasteiger charge is -2.16. The summed E-state index contributed by atoms with van der Waals surface area (Å²) in [5.41, 5.74) is 1.11. The predicted molar refractivity (Wildman–Crippen MR) is 84.7 cm³/mol. The molecular formula is C14H16Cl2N4. The minimum absolute atomic E-state index is 0.0640. The van der Waals surface area contributed by atoms with Crippen molar-refractivity contribution in [2.24, 2.45) is 0 Å². The molecule has 1 unspecified atom stereocenters. The van der Waals surface area contributed by atoms with E-state index in [-0.39, 0.29) is 6.04 Å². The molecule has 2 N–H and O–H groups in total. The van der Waals surface area contributed by atoms with Crippen molar-refractivity contribution >= 4 is 35.0 Å². The maximum Gasteiger partial charge on any atom is 0.224 e. The molecular weight excluding hydrogens is 295 g/mol. The van der Waals surface area contributed by atoms with E-state index in [2.05, 4.69) is 20.6 Å². The summed E-state index contributed by atoms with van der Waals surface area (Å²) in [4.78, 5) is 8.46. The fourth-order valence-electron chi connectivity index (χ4n) is 1.75. The van der Waals surface area contributed by atoms with Gasteiger partial charge >= 0.3 is 0 Å². The van der Waals surface area contributed by atoms with Crippen LogP contribution in [0.3, 0.4) is 0 Å². The summed E-state index contributed by atoms with van der Waals surface area (Å²) in [5, 5.41) is 7.55. The van der Waals surface area contributed by atoms with Gasteiger partial charge in [-0.2, -0.15) is 4.98 Å². The smallest absolute Gasteiger partial charge is 0.224 e. The Balaban J connectivity index is 2.16. The minimum atomic E-state index is 0.0640. The standard InChI is InChI=1S/C14H16Cl2N4/c1-3-17-14-18-8-12(16)13(20-14)19-9(2)10-4-6-11(15)7-5-10/h4-9H,3H2,1-2H3,(H2,17,18,19,20). The van der Waals surface area contributed by atoms with Crippen molar-refractivity contribution in [3.63, 3.8) is 0 Å². The van der Waals surface area contributed by atoms with Gasteiger partial charge in [0.25, 0.3) is 0 Å². The number of nitrogens with one attached hydrogen (secondary N) is 2.